The number of phenolic OH excluding ortho intramolecular Hbond substituents is 1. The lowest BCUT2D eigenvalue weighted by Gasteiger charge is -2.34. The van der Waals surface area contributed by atoms with Crippen LogP contribution in [0, 0.1) is 5.41 Å². The lowest BCUT2D eigenvalue weighted by atomic mass is 9.70. The Balaban J connectivity index is 2.91. The van der Waals surface area contributed by atoms with Crippen LogP contribution in [-0.4, -0.2) is 5.11 Å². The van der Waals surface area contributed by atoms with Gasteiger partial charge in [0.05, 0.1) is 0 Å². The van der Waals surface area contributed by atoms with Gasteiger partial charge >= 0.3 is 0 Å². The SMILES string of the molecule is CCCCCCCCCCC(C)c1cc(C(C)(C)CC(C)(C)C)cc(C(C)CCCCCCCCCC)c1O. The Bertz CT molecular complexity index is 705. The quantitative estimate of drug-likeness (QED) is 0.144. The first-order valence-electron chi connectivity index (χ1n) is 17.3. The molecule has 2 unspecified atom stereocenters. The molecule has 0 saturated carbocycles. The number of rotatable bonds is 22. The molecule has 1 nitrogen and oxygen atoms in total. The summed E-state index contributed by atoms with van der Waals surface area (Å²) in [6.45, 7) is 21.2. The van der Waals surface area contributed by atoms with Crippen LogP contribution in [0.25, 0.3) is 0 Å². The fourth-order valence-electron chi connectivity index (χ4n) is 6.73. The third-order valence-electron chi connectivity index (χ3n) is 8.97. The molecule has 0 saturated heterocycles. The molecule has 1 aromatic carbocycles. The number of phenols is 1. The van der Waals surface area contributed by atoms with E-state index >= 15 is 0 Å². The van der Waals surface area contributed by atoms with E-state index in [2.05, 4.69) is 74.4 Å². The smallest absolute Gasteiger partial charge is 0.122 e. The lowest BCUT2D eigenvalue weighted by Crippen LogP contribution is -2.25. The zero-order chi connectivity index (χ0) is 29.3. The van der Waals surface area contributed by atoms with Gasteiger partial charge in [0.25, 0.3) is 0 Å². The van der Waals surface area contributed by atoms with Gasteiger partial charge in [-0.05, 0) is 58.6 Å². The predicted octanol–water partition coefficient (Wildman–Crippen LogP) is 13.4. The van der Waals surface area contributed by atoms with Crippen molar-refractivity contribution in [3.05, 3.63) is 28.8 Å². The molecule has 2 atom stereocenters. The van der Waals surface area contributed by atoms with Crippen LogP contribution in [0.3, 0.4) is 0 Å². The fourth-order valence-corrected chi connectivity index (χ4v) is 6.73. The van der Waals surface area contributed by atoms with Gasteiger partial charge in [-0.3, -0.25) is 0 Å². The van der Waals surface area contributed by atoms with Gasteiger partial charge in [0, 0.05) is 0 Å². The molecule has 0 aliphatic heterocycles. The number of unbranched alkanes of at least 4 members (excludes halogenated alkanes) is 14. The summed E-state index contributed by atoms with van der Waals surface area (Å²) in [5.74, 6) is 1.42. The van der Waals surface area contributed by atoms with Gasteiger partial charge in [-0.15, -0.1) is 0 Å². The van der Waals surface area contributed by atoms with Crippen LogP contribution in [0.5, 0.6) is 5.75 Å². The summed E-state index contributed by atoms with van der Waals surface area (Å²) >= 11 is 0. The number of hydrogen-bond donors (Lipinski definition) is 1. The average molecular weight is 543 g/mol. The summed E-state index contributed by atoms with van der Waals surface area (Å²) in [7, 11) is 0. The fraction of sp³-hybridized carbons (Fsp3) is 0.842. The second-order valence-electron chi connectivity index (χ2n) is 15.0. The van der Waals surface area contributed by atoms with Gasteiger partial charge in [0.15, 0.2) is 0 Å². The molecular formula is C38H70O. The molecule has 1 heteroatoms. The Hall–Kier alpha value is -0.980. The molecule has 1 rings (SSSR count). The predicted molar refractivity (Wildman–Crippen MR) is 176 cm³/mol. The maximum absolute atomic E-state index is 11.6. The molecular weight excluding hydrogens is 472 g/mol. The van der Waals surface area contributed by atoms with Gasteiger partial charge < -0.3 is 5.11 Å². The maximum atomic E-state index is 11.6. The largest absolute Gasteiger partial charge is 0.507 e. The Labute approximate surface area is 246 Å². The minimum absolute atomic E-state index is 0.0892. The standard InChI is InChI=1S/C38H70O/c1-10-12-14-16-18-20-22-24-26-31(3)34-28-33(38(8,9)30-37(5,6)7)29-35(36(34)39)32(4)27-25-23-21-19-17-15-13-11-2/h28-29,31-32,39H,10-27,30H2,1-9H3. The highest BCUT2D eigenvalue weighted by Gasteiger charge is 2.30. The van der Waals surface area contributed by atoms with Crippen LogP contribution in [0.15, 0.2) is 12.1 Å². The van der Waals surface area contributed by atoms with E-state index in [1.807, 2.05) is 0 Å². The molecule has 0 aromatic heterocycles. The third kappa shape index (κ3) is 15.0. The van der Waals surface area contributed by atoms with Crippen molar-refractivity contribution >= 4 is 0 Å². The summed E-state index contributed by atoms with van der Waals surface area (Å²) in [5.41, 5.74) is 4.19. The molecule has 39 heavy (non-hydrogen) atoms. The lowest BCUT2D eigenvalue weighted by molar-refractivity contribution is 0.283. The van der Waals surface area contributed by atoms with E-state index in [9.17, 15) is 5.11 Å². The van der Waals surface area contributed by atoms with Gasteiger partial charge in [0.1, 0.15) is 5.75 Å². The van der Waals surface area contributed by atoms with E-state index in [0.717, 1.165) is 6.42 Å². The normalized spacial score (nSPS) is 14.1. The van der Waals surface area contributed by atoms with Crippen molar-refractivity contribution in [2.24, 2.45) is 5.41 Å². The van der Waals surface area contributed by atoms with E-state index in [-0.39, 0.29) is 10.8 Å². The number of aromatic hydroxyl groups is 1. The van der Waals surface area contributed by atoms with Crippen molar-refractivity contribution in [2.75, 3.05) is 0 Å². The minimum atomic E-state index is 0.0892. The van der Waals surface area contributed by atoms with Crippen LogP contribution in [0.4, 0.5) is 0 Å². The van der Waals surface area contributed by atoms with Gasteiger partial charge in [-0.2, -0.15) is 0 Å². The molecule has 0 aliphatic rings. The summed E-state index contributed by atoms with van der Waals surface area (Å²) < 4.78 is 0. The van der Waals surface area contributed by atoms with Gasteiger partial charge in [-0.25, -0.2) is 0 Å². The van der Waals surface area contributed by atoms with E-state index in [1.165, 1.54) is 132 Å². The average Bonchev–Trinajstić information content (AvgIpc) is 2.85. The van der Waals surface area contributed by atoms with E-state index in [0.29, 0.717) is 17.6 Å². The second kappa shape index (κ2) is 19.2. The van der Waals surface area contributed by atoms with Crippen molar-refractivity contribution in [1.82, 2.24) is 0 Å². The van der Waals surface area contributed by atoms with Crippen LogP contribution >= 0.6 is 0 Å². The second-order valence-corrected chi connectivity index (χ2v) is 15.0. The van der Waals surface area contributed by atoms with Crippen molar-refractivity contribution in [1.29, 1.82) is 0 Å². The highest BCUT2D eigenvalue weighted by Crippen LogP contribution is 2.43. The maximum Gasteiger partial charge on any atom is 0.122 e. The molecule has 0 spiro atoms. The zero-order valence-corrected chi connectivity index (χ0v) is 28.2. The molecule has 0 amide bonds. The molecule has 0 aliphatic carbocycles. The van der Waals surface area contributed by atoms with Gasteiger partial charge in [0.2, 0.25) is 0 Å². The van der Waals surface area contributed by atoms with Crippen molar-refractivity contribution < 1.29 is 5.11 Å². The Kier molecular flexibility index (Phi) is 17.7. The zero-order valence-electron chi connectivity index (χ0n) is 28.2. The first-order chi connectivity index (χ1) is 18.4. The Morgan fingerprint density at radius 1 is 0.564 bits per heavy atom. The summed E-state index contributed by atoms with van der Waals surface area (Å²) in [6.07, 6.45) is 25.2. The Morgan fingerprint density at radius 2 is 0.897 bits per heavy atom. The summed E-state index contributed by atoms with van der Waals surface area (Å²) in [4.78, 5) is 0. The highest BCUT2D eigenvalue weighted by atomic mass is 16.3. The molecule has 0 heterocycles. The highest BCUT2D eigenvalue weighted by molar-refractivity contribution is 5.49. The number of hydrogen-bond acceptors (Lipinski definition) is 1. The molecule has 0 fully saturated rings. The first-order valence-corrected chi connectivity index (χ1v) is 17.3. The summed E-state index contributed by atoms with van der Waals surface area (Å²) in [6, 6.07) is 4.76. The van der Waals surface area contributed by atoms with Crippen LogP contribution in [0.1, 0.15) is 213 Å². The van der Waals surface area contributed by atoms with E-state index in [4.69, 9.17) is 0 Å². The van der Waals surface area contributed by atoms with Gasteiger partial charge in [-0.1, -0.05) is 177 Å². The van der Waals surface area contributed by atoms with E-state index in [1.54, 1.807) is 0 Å². The first kappa shape index (κ1) is 36.0. The van der Waals surface area contributed by atoms with Crippen LogP contribution < -0.4 is 0 Å². The van der Waals surface area contributed by atoms with E-state index < -0.39 is 0 Å². The van der Waals surface area contributed by atoms with Crippen LogP contribution in [0.2, 0.25) is 0 Å². The van der Waals surface area contributed by atoms with Crippen molar-refractivity contribution in [3.8, 4) is 5.75 Å². The Morgan fingerprint density at radius 3 is 1.23 bits per heavy atom. The molecule has 1 N–H and O–H groups in total. The summed E-state index contributed by atoms with van der Waals surface area (Å²) in [5, 5.41) is 11.6. The van der Waals surface area contributed by atoms with Crippen molar-refractivity contribution in [2.45, 2.75) is 202 Å². The monoisotopic (exact) mass is 543 g/mol. The topological polar surface area (TPSA) is 20.2 Å². The molecule has 0 bridgehead atoms. The third-order valence-corrected chi connectivity index (χ3v) is 8.97. The number of benzene rings is 1. The molecule has 1 aromatic rings. The van der Waals surface area contributed by atoms with Crippen LogP contribution in [-0.2, 0) is 5.41 Å². The minimum Gasteiger partial charge on any atom is -0.507 e. The molecule has 0 radical (unpaired) electrons. The van der Waals surface area contributed by atoms with Crippen molar-refractivity contribution in [3.63, 3.8) is 0 Å². The molecule has 228 valence electrons.